The lowest BCUT2D eigenvalue weighted by Crippen LogP contribution is -2.00. The molecule has 1 aromatic rings. The summed E-state index contributed by atoms with van der Waals surface area (Å²) in [6.07, 6.45) is 4.40. The first-order chi connectivity index (χ1) is 6.06. The minimum absolute atomic E-state index is 0.777. The molecule has 1 rings (SSSR count). The molecule has 1 nitrogen and oxygen atoms in total. The molecule has 0 aromatic heterocycles. The molecule has 0 saturated carbocycles. The normalized spacial score (nSPS) is 12.2. The predicted octanol–water partition coefficient (Wildman–Crippen LogP) is 2.28. The molecule has 0 heterocycles. The Labute approximate surface area is 79.4 Å². The van der Waals surface area contributed by atoms with Crippen LogP contribution in [0.3, 0.4) is 0 Å². The smallest absolute Gasteiger partial charge is 0.140 e. The van der Waals surface area contributed by atoms with Gasteiger partial charge in [-0.05, 0) is 37.5 Å². The average molecular weight is 174 g/mol. The molecule has 0 aliphatic carbocycles. The van der Waals surface area contributed by atoms with Gasteiger partial charge >= 0.3 is 0 Å². The largest absolute Gasteiger partial charge is 0.376 e. The van der Waals surface area contributed by atoms with E-state index in [-0.39, 0.29) is 0 Å². The topological polar surface area (TPSA) is 20.2 Å². The first-order valence-corrected chi connectivity index (χ1v) is 4.28. The summed E-state index contributed by atoms with van der Waals surface area (Å²) < 4.78 is 0. The predicted molar refractivity (Wildman–Crippen MR) is 54.4 cm³/mol. The number of benzene rings is 1. The Hall–Kier alpha value is -1.26. The standard InChI is InChI=1S/C12H14O/c1-5-11(13)12-9(3)6-8(2)7-10(12)4/h1,6-7,11,13H,2-4H3/t11-/m1/s1. The van der Waals surface area contributed by atoms with Crippen LogP contribution in [0.2, 0.25) is 0 Å². The molecular formula is C12H14O. The van der Waals surface area contributed by atoms with Crippen molar-refractivity contribution in [3.8, 4) is 12.3 Å². The van der Waals surface area contributed by atoms with Crippen molar-refractivity contribution in [1.29, 1.82) is 0 Å². The SMILES string of the molecule is C#C[C@@H](O)c1c(C)cc(C)cc1C. The third kappa shape index (κ3) is 1.91. The van der Waals surface area contributed by atoms with E-state index in [0.717, 1.165) is 16.7 Å². The highest BCUT2D eigenvalue weighted by atomic mass is 16.3. The Kier molecular flexibility index (Phi) is 2.75. The third-order valence-electron chi connectivity index (χ3n) is 2.17. The summed E-state index contributed by atoms with van der Waals surface area (Å²) in [6, 6.07) is 4.06. The Balaban J connectivity index is 3.30. The molecule has 0 aliphatic heterocycles. The van der Waals surface area contributed by atoms with Gasteiger partial charge < -0.3 is 5.11 Å². The van der Waals surface area contributed by atoms with Crippen LogP contribution in [0.5, 0.6) is 0 Å². The lowest BCUT2D eigenvalue weighted by Gasteiger charge is -2.12. The van der Waals surface area contributed by atoms with Crippen molar-refractivity contribution in [2.24, 2.45) is 0 Å². The minimum atomic E-state index is -0.777. The van der Waals surface area contributed by atoms with Gasteiger partial charge in [0.25, 0.3) is 0 Å². The van der Waals surface area contributed by atoms with E-state index >= 15 is 0 Å². The van der Waals surface area contributed by atoms with E-state index in [1.54, 1.807) is 0 Å². The van der Waals surface area contributed by atoms with Gasteiger partial charge in [-0.15, -0.1) is 6.42 Å². The summed E-state index contributed by atoms with van der Waals surface area (Å²) in [5.41, 5.74) is 4.18. The maximum atomic E-state index is 9.55. The summed E-state index contributed by atoms with van der Waals surface area (Å²) >= 11 is 0. The van der Waals surface area contributed by atoms with Crippen LogP contribution in [0.15, 0.2) is 12.1 Å². The zero-order valence-corrected chi connectivity index (χ0v) is 8.26. The maximum Gasteiger partial charge on any atom is 0.140 e. The van der Waals surface area contributed by atoms with Gasteiger partial charge in [0.2, 0.25) is 0 Å². The second-order valence-electron chi connectivity index (χ2n) is 3.38. The number of aliphatic hydroxyl groups excluding tert-OH is 1. The van der Waals surface area contributed by atoms with Crippen LogP contribution in [-0.4, -0.2) is 5.11 Å². The van der Waals surface area contributed by atoms with Crippen LogP contribution in [0, 0.1) is 33.1 Å². The summed E-state index contributed by atoms with van der Waals surface area (Å²) in [7, 11) is 0. The van der Waals surface area contributed by atoms with Crippen molar-refractivity contribution in [1.82, 2.24) is 0 Å². The van der Waals surface area contributed by atoms with Crippen molar-refractivity contribution < 1.29 is 5.11 Å². The summed E-state index contributed by atoms with van der Waals surface area (Å²) in [5.74, 6) is 2.34. The Bertz CT molecular complexity index is 335. The van der Waals surface area contributed by atoms with E-state index in [4.69, 9.17) is 6.42 Å². The third-order valence-corrected chi connectivity index (χ3v) is 2.17. The van der Waals surface area contributed by atoms with Crippen molar-refractivity contribution in [3.63, 3.8) is 0 Å². The van der Waals surface area contributed by atoms with Crippen molar-refractivity contribution in [2.45, 2.75) is 26.9 Å². The molecule has 68 valence electrons. The van der Waals surface area contributed by atoms with Crippen molar-refractivity contribution in [2.75, 3.05) is 0 Å². The monoisotopic (exact) mass is 174 g/mol. The Morgan fingerprint density at radius 3 is 2.08 bits per heavy atom. The summed E-state index contributed by atoms with van der Waals surface area (Å²) in [4.78, 5) is 0. The van der Waals surface area contributed by atoms with Crippen LogP contribution >= 0.6 is 0 Å². The molecule has 0 aliphatic rings. The van der Waals surface area contributed by atoms with E-state index in [2.05, 4.69) is 5.92 Å². The van der Waals surface area contributed by atoms with Crippen molar-refractivity contribution in [3.05, 3.63) is 34.4 Å². The van der Waals surface area contributed by atoms with Crippen molar-refractivity contribution >= 4 is 0 Å². The van der Waals surface area contributed by atoms with E-state index in [0.29, 0.717) is 0 Å². The molecule has 0 bridgehead atoms. The summed E-state index contributed by atoms with van der Waals surface area (Å²) in [5, 5.41) is 9.55. The molecule has 0 amide bonds. The molecule has 0 radical (unpaired) electrons. The molecule has 1 atom stereocenters. The quantitative estimate of drug-likeness (QED) is 0.647. The number of hydrogen-bond acceptors (Lipinski definition) is 1. The zero-order valence-electron chi connectivity index (χ0n) is 8.26. The number of aryl methyl sites for hydroxylation is 3. The lowest BCUT2D eigenvalue weighted by atomic mass is 9.96. The van der Waals surface area contributed by atoms with Crippen LogP contribution in [-0.2, 0) is 0 Å². The van der Waals surface area contributed by atoms with Gasteiger partial charge in [-0.25, -0.2) is 0 Å². The molecule has 13 heavy (non-hydrogen) atoms. The minimum Gasteiger partial charge on any atom is -0.376 e. The van der Waals surface area contributed by atoms with Crippen LogP contribution in [0.4, 0.5) is 0 Å². The second kappa shape index (κ2) is 3.64. The molecule has 1 heteroatoms. The molecule has 0 fully saturated rings. The highest BCUT2D eigenvalue weighted by Crippen LogP contribution is 2.22. The van der Waals surface area contributed by atoms with E-state index in [1.807, 2.05) is 32.9 Å². The fraction of sp³-hybridized carbons (Fsp3) is 0.333. The highest BCUT2D eigenvalue weighted by Gasteiger charge is 2.10. The number of terminal acetylenes is 1. The van der Waals surface area contributed by atoms with Gasteiger partial charge in [0.1, 0.15) is 6.10 Å². The average Bonchev–Trinajstić information content (AvgIpc) is 2.02. The molecule has 0 saturated heterocycles. The molecule has 1 N–H and O–H groups in total. The second-order valence-corrected chi connectivity index (χ2v) is 3.38. The molecule has 1 aromatic carbocycles. The lowest BCUT2D eigenvalue weighted by molar-refractivity contribution is 0.237. The number of aliphatic hydroxyl groups is 1. The van der Waals surface area contributed by atoms with Gasteiger partial charge in [0.15, 0.2) is 0 Å². The van der Waals surface area contributed by atoms with E-state index in [9.17, 15) is 5.11 Å². The van der Waals surface area contributed by atoms with Gasteiger partial charge in [0.05, 0.1) is 0 Å². The van der Waals surface area contributed by atoms with Gasteiger partial charge in [-0.3, -0.25) is 0 Å². The molecular weight excluding hydrogens is 160 g/mol. The van der Waals surface area contributed by atoms with E-state index < -0.39 is 6.10 Å². The highest BCUT2D eigenvalue weighted by molar-refractivity contribution is 5.41. The van der Waals surface area contributed by atoms with Gasteiger partial charge in [-0.1, -0.05) is 23.6 Å². The van der Waals surface area contributed by atoms with Gasteiger partial charge in [0, 0.05) is 0 Å². The van der Waals surface area contributed by atoms with E-state index in [1.165, 1.54) is 5.56 Å². The Morgan fingerprint density at radius 2 is 1.69 bits per heavy atom. The molecule has 0 spiro atoms. The first-order valence-electron chi connectivity index (χ1n) is 4.28. The van der Waals surface area contributed by atoms with Crippen LogP contribution in [0.1, 0.15) is 28.4 Å². The number of rotatable bonds is 1. The van der Waals surface area contributed by atoms with Crippen LogP contribution in [0.25, 0.3) is 0 Å². The fourth-order valence-electron chi connectivity index (χ4n) is 1.71. The van der Waals surface area contributed by atoms with Crippen LogP contribution < -0.4 is 0 Å². The molecule has 0 unspecified atom stereocenters. The zero-order chi connectivity index (χ0) is 10.0. The number of hydrogen-bond donors (Lipinski definition) is 1. The summed E-state index contributed by atoms with van der Waals surface area (Å²) in [6.45, 7) is 5.97. The fourth-order valence-corrected chi connectivity index (χ4v) is 1.71. The Morgan fingerprint density at radius 1 is 1.23 bits per heavy atom. The van der Waals surface area contributed by atoms with Gasteiger partial charge in [-0.2, -0.15) is 0 Å². The maximum absolute atomic E-state index is 9.55. The first kappa shape index (κ1) is 9.83.